The monoisotopic (exact) mass is 337 g/mol. The number of methoxy groups -OCH3 is 2. The molecule has 0 spiro atoms. The summed E-state index contributed by atoms with van der Waals surface area (Å²) in [7, 11) is 3.29. The second-order valence-electron chi connectivity index (χ2n) is 6.04. The molecule has 0 aromatic heterocycles. The highest BCUT2D eigenvalue weighted by Gasteiger charge is 2.28. The fourth-order valence-corrected chi connectivity index (χ4v) is 3.26. The lowest BCUT2D eigenvalue weighted by Crippen LogP contribution is -2.28. The molecule has 1 fully saturated rings. The van der Waals surface area contributed by atoms with E-state index in [1.165, 1.54) is 0 Å². The van der Waals surface area contributed by atoms with Crippen LogP contribution in [0.15, 0.2) is 54.6 Å². The van der Waals surface area contributed by atoms with Gasteiger partial charge in [-0.3, -0.25) is 4.79 Å². The summed E-state index contributed by atoms with van der Waals surface area (Å²) in [6.07, 6.45) is 5.47. The zero-order chi connectivity index (χ0) is 17.6. The predicted octanol–water partition coefficient (Wildman–Crippen LogP) is 4.08. The second kappa shape index (κ2) is 7.88. The van der Waals surface area contributed by atoms with Gasteiger partial charge in [-0.15, -0.1) is 0 Å². The van der Waals surface area contributed by atoms with E-state index in [0.29, 0.717) is 0 Å². The molecule has 1 saturated heterocycles. The first-order valence-corrected chi connectivity index (χ1v) is 8.48. The number of rotatable bonds is 5. The number of hydrogen-bond donors (Lipinski definition) is 0. The maximum absolute atomic E-state index is 12.7. The zero-order valence-electron chi connectivity index (χ0n) is 14.6. The van der Waals surface area contributed by atoms with Gasteiger partial charge in [-0.25, -0.2) is 0 Å². The van der Waals surface area contributed by atoms with E-state index in [1.54, 1.807) is 20.3 Å². The standard InChI is InChI=1S/C21H23NO3/c1-24-18-12-9-16(10-13-18)19-7-5-15-22(19)21(23)14-11-17-6-3-4-8-20(17)25-2/h3-4,6,8-14,19H,5,7,15H2,1-2H3/b14-11+. The fraction of sp³-hybridized carbons (Fsp3) is 0.286. The SMILES string of the molecule is COc1ccc(C2CCCN2C(=O)/C=C/c2ccccc2OC)cc1. The van der Waals surface area contributed by atoms with Crippen LogP contribution in [0.2, 0.25) is 0 Å². The Balaban J connectivity index is 1.75. The topological polar surface area (TPSA) is 38.8 Å². The van der Waals surface area contributed by atoms with Crippen LogP contribution in [-0.4, -0.2) is 31.6 Å². The predicted molar refractivity (Wildman–Crippen MR) is 98.7 cm³/mol. The number of carbonyl (C=O) groups excluding carboxylic acids is 1. The second-order valence-corrected chi connectivity index (χ2v) is 6.04. The summed E-state index contributed by atoms with van der Waals surface area (Å²) in [6, 6.07) is 15.8. The summed E-state index contributed by atoms with van der Waals surface area (Å²) in [5.41, 5.74) is 2.05. The number of carbonyl (C=O) groups is 1. The molecule has 0 radical (unpaired) electrons. The van der Waals surface area contributed by atoms with E-state index in [9.17, 15) is 4.79 Å². The smallest absolute Gasteiger partial charge is 0.247 e. The molecule has 130 valence electrons. The average molecular weight is 337 g/mol. The summed E-state index contributed by atoms with van der Waals surface area (Å²) < 4.78 is 10.5. The summed E-state index contributed by atoms with van der Waals surface area (Å²) in [5.74, 6) is 1.62. The van der Waals surface area contributed by atoms with E-state index in [1.807, 2.05) is 59.5 Å². The molecule has 0 aliphatic carbocycles. The zero-order valence-corrected chi connectivity index (χ0v) is 14.6. The average Bonchev–Trinajstić information content (AvgIpc) is 3.16. The molecular formula is C21H23NO3. The van der Waals surface area contributed by atoms with Gasteiger partial charge in [0.25, 0.3) is 0 Å². The lowest BCUT2D eigenvalue weighted by molar-refractivity contribution is -0.126. The molecule has 0 N–H and O–H groups in total. The highest BCUT2D eigenvalue weighted by Crippen LogP contribution is 2.33. The number of hydrogen-bond acceptors (Lipinski definition) is 3. The molecule has 0 bridgehead atoms. The summed E-state index contributed by atoms with van der Waals surface area (Å²) in [4.78, 5) is 14.6. The number of para-hydroxylation sites is 1. The Morgan fingerprint density at radius 2 is 1.84 bits per heavy atom. The van der Waals surface area contributed by atoms with Gasteiger partial charge in [0.05, 0.1) is 20.3 Å². The lowest BCUT2D eigenvalue weighted by Gasteiger charge is -2.24. The number of benzene rings is 2. The van der Waals surface area contributed by atoms with Gasteiger partial charge in [0.2, 0.25) is 5.91 Å². The van der Waals surface area contributed by atoms with Crippen molar-refractivity contribution in [3.8, 4) is 11.5 Å². The van der Waals surface area contributed by atoms with Gasteiger partial charge >= 0.3 is 0 Å². The Bertz CT molecular complexity index is 752. The molecule has 1 unspecified atom stereocenters. The van der Waals surface area contributed by atoms with Crippen LogP contribution in [0.25, 0.3) is 6.08 Å². The van der Waals surface area contributed by atoms with E-state index in [4.69, 9.17) is 9.47 Å². The van der Waals surface area contributed by atoms with Gasteiger partial charge < -0.3 is 14.4 Å². The third-order valence-electron chi connectivity index (χ3n) is 4.58. The normalized spacial score (nSPS) is 17.0. The number of nitrogens with zero attached hydrogens (tertiary/aromatic N) is 1. The maximum atomic E-state index is 12.7. The number of likely N-dealkylation sites (tertiary alicyclic amines) is 1. The third kappa shape index (κ3) is 3.85. The van der Waals surface area contributed by atoms with Crippen LogP contribution in [0, 0.1) is 0 Å². The molecule has 2 aromatic rings. The highest BCUT2D eigenvalue weighted by atomic mass is 16.5. The molecule has 1 atom stereocenters. The molecule has 2 aromatic carbocycles. The third-order valence-corrected chi connectivity index (χ3v) is 4.58. The van der Waals surface area contributed by atoms with Crippen LogP contribution >= 0.6 is 0 Å². The summed E-state index contributed by atoms with van der Waals surface area (Å²) in [5, 5.41) is 0. The maximum Gasteiger partial charge on any atom is 0.247 e. The van der Waals surface area contributed by atoms with Crippen molar-refractivity contribution in [2.24, 2.45) is 0 Å². The Morgan fingerprint density at radius 1 is 1.08 bits per heavy atom. The Morgan fingerprint density at radius 3 is 2.56 bits per heavy atom. The summed E-state index contributed by atoms with van der Waals surface area (Å²) >= 11 is 0. The number of amides is 1. The minimum absolute atomic E-state index is 0.0317. The first-order chi connectivity index (χ1) is 12.2. The molecule has 4 nitrogen and oxygen atoms in total. The largest absolute Gasteiger partial charge is 0.497 e. The van der Waals surface area contributed by atoms with Crippen molar-refractivity contribution in [3.63, 3.8) is 0 Å². The molecule has 1 heterocycles. The van der Waals surface area contributed by atoms with E-state index in [-0.39, 0.29) is 11.9 Å². The van der Waals surface area contributed by atoms with Gasteiger partial charge in [0.15, 0.2) is 0 Å². The van der Waals surface area contributed by atoms with E-state index in [2.05, 4.69) is 0 Å². The minimum Gasteiger partial charge on any atom is -0.497 e. The van der Waals surface area contributed by atoms with Gasteiger partial charge in [-0.1, -0.05) is 30.3 Å². The lowest BCUT2D eigenvalue weighted by atomic mass is 10.0. The van der Waals surface area contributed by atoms with Crippen molar-refractivity contribution in [1.82, 2.24) is 4.90 Å². The fourth-order valence-electron chi connectivity index (χ4n) is 3.26. The van der Waals surface area contributed by atoms with Crippen LogP contribution in [0.4, 0.5) is 0 Å². The first kappa shape index (κ1) is 17.1. The highest BCUT2D eigenvalue weighted by molar-refractivity contribution is 5.92. The van der Waals surface area contributed by atoms with Gasteiger partial charge in [-0.2, -0.15) is 0 Å². The van der Waals surface area contributed by atoms with E-state index in [0.717, 1.165) is 42.0 Å². The molecular weight excluding hydrogens is 314 g/mol. The minimum atomic E-state index is 0.0317. The van der Waals surface area contributed by atoms with Crippen molar-refractivity contribution in [3.05, 3.63) is 65.7 Å². The molecule has 3 rings (SSSR count). The van der Waals surface area contributed by atoms with Gasteiger partial charge in [0, 0.05) is 18.2 Å². The number of ether oxygens (including phenoxy) is 2. The Labute approximate surface area is 148 Å². The van der Waals surface area contributed by atoms with Crippen molar-refractivity contribution < 1.29 is 14.3 Å². The van der Waals surface area contributed by atoms with Crippen LogP contribution in [-0.2, 0) is 4.79 Å². The van der Waals surface area contributed by atoms with Crippen LogP contribution in [0.5, 0.6) is 11.5 Å². The molecule has 1 aliphatic heterocycles. The Kier molecular flexibility index (Phi) is 5.39. The van der Waals surface area contributed by atoms with Crippen molar-refractivity contribution >= 4 is 12.0 Å². The van der Waals surface area contributed by atoms with Crippen LogP contribution in [0.3, 0.4) is 0 Å². The molecule has 4 heteroatoms. The van der Waals surface area contributed by atoms with Gasteiger partial charge in [-0.05, 0) is 42.7 Å². The summed E-state index contributed by atoms with van der Waals surface area (Å²) in [6.45, 7) is 0.784. The molecule has 1 amide bonds. The molecule has 0 saturated carbocycles. The molecule has 25 heavy (non-hydrogen) atoms. The van der Waals surface area contributed by atoms with Crippen molar-refractivity contribution in [2.75, 3.05) is 20.8 Å². The van der Waals surface area contributed by atoms with Gasteiger partial charge in [0.1, 0.15) is 11.5 Å². The Hall–Kier alpha value is -2.75. The van der Waals surface area contributed by atoms with Crippen LogP contribution in [0.1, 0.15) is 30.0 Å². The van der Waals surface area contributed by atoms with Crippen LogP contribution < -0.4 is 9.47 Å². The van der Waals surface area contributed by atoms with Crippen molar-refractivity contribution in [1.29, 1.82) is 0 Å². The van der Waals surface area contributed by atoms with Crippen molar-refractivity contribution in [2.45, 2.75) is 18.9 Å². The quantitative estimate of drug-likeness (QED) is 0.772. The first-order valence-electron chi connectivity index (χ1n) is 8.48. The van der Waals surface area contributed by atoms with E-state index < -0.39 is 0 Å². The van der Waals surface area contributed by atoms with E-state index >= 15 is 0 Å². The molecule has 1 aliphatic rings.